The zero-order valence-electron chi connectivity index (χ0n) is 31.0. The van der Waals surface area contributed by atoms with Gasteiger partial charge in [-0.2, -0.15) is 0 Å². The van der Waals surface area contributed by atoms with Crippen LogP contribution in [0.1, 0.15) is 0 Å². The summed E-state index contributed by atoms with van der Waals surface area (Å²) in [5.41, 5.74) is 11.5. The molecule has 0 saturated carbocycles. The molecule has 0 atom stereocenters. The highest BCUT2D eigenvalue weighted by atomic mass is 16.3. The Balaban J connectivity index is 1.19. The molecule has 0 aliphatic carbocycles. The van der Waals surface area contributed by atoms with Gasteiger partial charge in [0, 0.05) is 21.9 Å². The van der Waals surface area contributed by atoms with Crippen molar-refractivity contribution in [2.24, 2.45) is 0 Å². The second-order valence-corrected chi connectivity index (χ2v) is 15.1. The highest BCUT2D eigenvalue weighted by Crippen LogP contribution is 2.51. The lowest BCUT2D eigenvalue weighted by Gasteiger charge is -2.21. The Labute approximate surface area is 329 Å². The van der Waals surface area contributed by atoms with Gasteiger partial charge in [0.2, 0.25) is 0 Å². The zero-order valence-corrected chi connectivity index (χ0v) is 31.0. The molecule has 11 aromatic carbocycles. The predicted octanol–water partition coefficient (Wildman–Crippen LogP) is 16.0. The van der Waals surface area contributed by atoms with Crippen LogP contribution in [-0.2, 0) is 0 Å². The van der Waals surface area contributed by atoms with E-state index in [0.29, 0.717) is 0 Å². The Morgan fingerprint density at radius 2 is 0.807 bits per heavy atom. The van der Waals surface area contributed by atoms with Gasteiger partial charge < -0.3 is 4.42 Å². The maximum atomic E-state index is 6.94. The molecule has 0 radical (unpaired) electrons. The first kappa shape index (κ1) is 31.8. The van der Waals surface area contributed by atoms with Gasteiger partial charge >= 0.3 is 0 Å². The highest BCUT2D eigenvalue weighted by molar-refractivity contribution is 6.31. The van der Waals surface area contributed by atoms with Crippen molar-refractivity contribution in [3.63, 3.8) is 0 Å². The molecule has 0 fully saturated rings. The van der Waals surface area contributed by atoms with Gasteiger partial charge in [0.15, 0.2) is 0 Å². The van der Waals surface area contributed by atoms with E-state index in [1.54, 1.807) is 0 Å². The van der Waals surface area contributed by atoms with Crippen molar-refractivity contribution in [2.75, 3.05) is 0 Å². The molecule has 12 rings (SSSR count). The molecule has 0 amide bonds. The number of para-hydroxylation sites is 1. The minimum Gasteiger partial charge on any atom is -0.455 e. The first-order valence-electron chi connectivity index (χ1n) is 19.7. The highest BCUT2D eigenvalue weighted by Gasteiger charge is 2.24. The fourth-order valence-corrected chi connectivity index (χ4v) is 9.54. The first-order valence-corrected chi connectivity index (χ1v) is 19.7. The van der Waals surface area contributed by atoms with E-state index in [0.717, 1.165) is 38.5 Å². The minimum absolute atomic E-state index is 0.898. The molecule has 12 aromatic rings. The Kier molecular flexibility index (Phi) is 7.00. The minimum atomic E-state index is 0.898. The molecule has 1 heterocycles. The summed E-state index contributed by atoms with van der Waals surface area (Å²) in [7, 11) is 0. The van der Waals surface area contributed by atoms with Gasteiger partial charge in [-0.3, -0.25) is 0 Å². The smallest absolute Gasteiger partial charge is 0.143 e. The van der Waals surface area contributed by atoms with E-state index in [1.807, 2.05) is 0 Å². The number of rotatable bonds is 4. The molecular weight excluding hydrogens is 689 g/mol. The summed E-state index contributed by atoms with van der Waals surface area (Å²) in [6, 6.07) is 75.2. The molecule has 0 aliphatic rings. The van der Waals surface area contributed by atoms with Crippen LogP contribution in [-0.4, -0.2) is 0 Å². The lowest BCUT2D eigenvalue weighted by molar-refractivity contribution is 0.670. The molecule has 1 aromatic heterocycles. The summed E-state index contributed by atoms with van der Waals surface area (Å²) in [6.07, 6.45) is 0. The van der Waals surface area contributed by atoms with E-state index in [1.165, 1.54) is 81.9 Å². The molecule has 0 saturated heterocycles. The lowest BCUT2D eigenvalue weighted by Crippen LogP contribution is -1.93. The van der Waals surface area contributed by atoms with E-state index in [2.05, 4.69) is 206 Å². The van der Waals surface area contributed by atoms with Crippen LogP contribution in [0.4, 0.5) is 0 Å². The van der Waals surface area contributed by atoms with E-state index < -0.39 is 0 Å². The van der Waals surface area contributed by atoms with Crippen LogP contribution in [0.25, 0.3) is 120 Å². The molecule has 0 spiro atoms. The lowest BCUT2D eigenvalue weighted by atomic mass is 9.82. The van der Waals surface area contributed by atoms with Crippen LogP contribution in [0.2, 0.25) is 0 Å². The van der Waals surface area contributed by atoms with Crippen molar-refractivity contribution in [1.82, 2.24) is 0 Å². The molecule has 1 nitrogen and oxygen atoms in total. The predicted molar refractivity (Wildman–Crippen MR) is 243 cm³/mol. The SMILES string of the molecule is c1ccc(-c2cccc3c2oc2cc4ccccc4c(-c4c5ccccc5c(-c5ccc(-c6ccc7ccccc7c6)c6ccccc56)c5ccccc45)c23)cc1. The van der Waals surface area contributed by atoms with Crippen molar-refractivity contribution in [3.05, 3.63) is 206 Å². The third-order valence-corrected chi connectivity index (χ3v) is 12.0. The van der Waals surface area contributed by atoms with Crippen LogP contribution in [0.3, 0.4) is 0 Å². The largest absolute Gasteiger partial charge is 0.455 e. The summed E-state index contributed by atoms with van der Waals surface area (Å²) < 4.78 is 6.94. The number of hydrogen-bond donors (Lipinski definition) is 0. The molecule has 57 heavy (non-hydrogen) atoms. The van der Waals surface area contributed by atoms with Crippen molar-refractivity contribution >= 4 is 75.8 Å². The third-order valence-electron chi connectivity index (χ3n) is 12.0. The Morgan fingerprint density at radius 1 is 0.263 bits per heavy atom. The maximum Gasteiger partial charge on any atom is 0.143 e. The maximum absolute atomic E-state index is 6.94. The normalized spacial score (nSPS) is 11.9. The molecule has 0 unspecified atom stereocenters. The molecule has 0 bridgehead atoms. The van der Waals surface area contributed by atoms with Crippen molar-refractivity contribution in [1.29, 1.82) is 0 Å². The van der Waals surface area contributed by atoms with Gasteiger partial charge in [-0.25, -0.2) is 0 Å². The molecule has 1 heteroatoms. The topological polar surface area (TPSA) is 13.1 Å². The van der Waals surface area contributed by atoms with Gasteiger partial charge in [0.05, 0.1) is 0 Å². The van der Waals surface area contributed by atoms with Crippen molar-refractivity contribution in [3.8, 4) is 44.5 Å². The summed E-state index contributed by atoms with van der Waals surface area (Å²) in [4.78, 5) is 0. The van der Waals surface area contributed by atoms with Gasteiger partial charge in [-0.05, 0) is 99.4 Å². The Bertz CT molecular complexity index is 3510. The van der Waals surface area contributed by atoms with Gasteiger partial charge in [-0.1, -0.05) is 194 Å². The number of furan rings is 1. The number of benzene rings is 11. The van der Waals surface area contributed by atoms with Gasteiger partial charge in [0.25, 0.3) is 0 Å². The second kappa shape index (κ2) is 12.5. The van der Waals surface area contributed by atoms with Crippen LogP contribution < -0.4 is 0 Å². The number of fused-ring (bicyclic) bond motifs is 8. The van der Waals surface area contributed by atoms with Crippen molar-refractivity contribution in [2.45, 2.75) is 0 Å². The van der Waals surface area contributed by atoms with Crippen LogP contribution in [0, 0.1) is 0 Å². The average Bonchev–Trinajstić information content (AvgIpc) is 3.66. The Morgan fingerprint density at radius 3 is 1.53 bits per heavy atom. The van der Waals surface area contributed by atoms with Crippen molar-refractivity contribution < 1.29 is 4.42 Å². The summed E-state index contributed by atoms with van der Waals surface area (Å²) in [5, 5.41) is 14.5. The average molecular weight is 723 g/mol. The molecule has 0 aliphatic heterocycles. The third kappa shape index (κ3) is 4.83. The fraction of sp³-hybridized carbons (Fsp3) is 0. The van der Waals surface area contributed by atoms with Crippen LogP contribution in [0.15, 0.2) is 211 Å². The molecule has 264 valence electrons. The van der Waals surface area contributed by atoms with E-state index in [9.17, 15) is 0 Å². The monoisotopic (exact) mass is 722 g/mol. The molecule has 0 N–H and O–H groups in total. The van der Waals surface area contributed by atoms with Gasteiger partial charge in [-0.15, -0.1) is 0 Å². The van der Waals surface area contributed by atoms with E-state index in [-0.39, 0.29) is 0 Å². The van der Waals surface area contributed by atoms with E-state index in [4.69, 9.17) is 4.42 Å². The summed E-state index contributed by atoms with van der Waals surface area (Å²) >= 11 is 0. The number of hydrogen-bond acceptors (Lipinski definition) is 1. The van der Waals surface area contributed by atoms with E-state index >= 15 is 0 Å². The van der Waals surface area contributed by atoms with Gasteiger partial charge in [0.1, 0.15) is 11.2 Å². The zero-order chi connectivity index (χ0) is 37.5. The fourth-order valence-electron chi connectivity index (χ4n) is 9.54. The van der Waals surface area contributed by atoms with Crippen LogP contribution >= 0.6 is 0 Å². The molecular formula is C56H34O. The summed E-state index contributed by atoms with van der Waals surface area (Å²) in [6.45, 7) is 0. The summed E-state index contributed by atoms with van der Waals surface area (Å²) in [5.74, 6) is 0. The standard InChI is InChI=1S/C56H34O/c1-2-16-36(17-3-1)42-27-14-28-50-54-51(57-56(42)50)34-38-19-6-7-20-41(38)55(54)53-47-25-12-10-23-45(47)52(46-24-11-13-26-48(46)53)49-32-31-40(43-21-8-9-22-44(43)49)39-30-29-35-15-4-5-18-37(35)33-39/h1-34H. The Hall–Kier alpha value is -7.48. The second-order valence-electron chi connectivity index (χ2n) is 15.1. The van der Waals surface area contributed by atoms with Crippen LogP contribution in [0.5, 0.6) is 0 Å². The first-order chi connectivity index (χ1) is 28.3. The quantitative estimate of drug-likeness (QED) is 0.165.